The normalized spacial score (nSPS) is 21.5. The number of rotatable bonds is 3. The zero-order valence-electron chi connectivity index (χ0n) is 10.9. The van der Waals surface area contributed by atoms with Gasteiger partial charge in [-0.1, -0.05) is 6.07 Å². The summed E-state index contributed by atoms with van der Waals surface area (Å²) in [5.74, 6) is 0. The third kappa shape index (κ3) is 3.79. The Morgan fingerprint density at radius 2 is 2.24 bits per heavy atom. The van der Waals surface area contributed by atoms with Crippen molar-refractivity contribution >= 4 is 0 Å². The van der Waals surface area contributed by atoms with Gasteiger partial charge in [0.2, 0.25) is 0 Å². The SMILES string of the molecule is Cc1ccc(CN(C)C2CCCNCC2)cn1. The zero-order valence-corrected chi connectivity index (χ0v) is 10.9. The van der Waals surface area contributed by atoms with Gasteiger partial charge in [0.25, 0.3) is 0 Å². The number of hydrogen-bond donors (Lipinski definition) is 1. The van der Waals surface area contributed by atoms with Crippen LogP contribution in [0.4, 0.5) is 0 Å². The second-order valence-electron chi connectivity index (χ2n) is 5.06. The van der Waals surface area contributed by atoms with Crippen LogP contribution in [0.5, 0.6) is 0 Å². The van der Waals surface area contributed by atoms with Gasteiger partial charge in [-0.3, -0.25) is 9.88 Å². The van der Waals surface area contributed by atoms with E-state index in [4.69, 9.17) is 0 Å². The van der Waals surface area contributed by atoms with Gasteiger partial charge < -0.3 is 5.32 Å². The first-order valence-corrected chi connectivity index (χ1v) is 6.58. The highest BCUT2D eigenvalue weighted by molar-refractivity contribution is 5.13. The minimum Gasteiger partial charge on any atom is -0.317 e. The van der Waals surface area contributed by atoms with Crippen molar-refractivity contribution in [3.63, 3.8) is 0 Å². The fraction of sp³-hybridized carbons (Fsp3) is 0.643. The highest BCUT2D eigenvalue weighted by Crippen LogP contribution is 2.14. The molecule has 1 N–H and O–H groups in total. The summed E-state index contributed by atoms with van der Waals surface area (Å²) in [6.45, 7) is 5.37. The summed E-state index contributed by atoms with van der Waals surface area (Å²) in [5, 5.41) is 3.46. The van der Waals surface area contributed by atoms with E-state index in [1.54, 1.807) is 0 Å². The molecule has 0 saturated carbocycles. The number of nitrogens with one attached hydrogen (secondary N) is 1. The summed E-state index contributed by atoms with van der Waals surface area (Å²) >= 11 is 0. The summed E-state index contributed by atoms with van der Waals surface area (Å²) in [5.41, 5.74) is 2.41. The van der Waals surface area contributed by atoms with Crippen molar-refractivity contribution in [1.29, 1.82) is 0 Å². The minimum absolute atomic E-state index is 0.714. The third-order valence-corrected chi connectivity index (χ3v) is 3.57. The van der Waals surface area contributed by atoms with E-state index in [1.165, 1.54) is 31.4 Å². The molecule has 1 aromatic rings. The Morgan fingerprint density at radius 1 is 1.35 bits per heavy atom. The van der Waals surface area contributed by atoms with E-state index in [9.17, 15) is 0 Å². The third-order valence-electron chi connectivity index (χ3n) is 3.57. The van der Waals surface area contributed by atoms with Crippen LogP contribution >= 0.6 is 0 Å². The standard InChI is InChI=1S/C14H23N3/c1-12-5-6-13(10-16-12)11-17(2)14-4-3-8-15-9-7-14/h5-6,10,14-15H,3-4,7-9,11H2,1-2H3. The average Bonchev–Trinajstić information content (AvgIpc) is 2.61. The Balaban J connectivity index is 1.90. The molecule has 1 aliphatic rings. The monoisotopic (exact) mass is 233 g/mol. The Morgan fingerprint density at radius 3 is 3.00 bits per heavy atom. The van der Waals surface area contributed by atoms with Crippen molar-refractivity contribution in [2.45, 2.75) is 38.8 Å². The van der Waals surface area contributed by atoms with Crippen LogP contribution in [0.2, 0.25) is 0 Å². The molecule has 2 heterocycles. The van der Waals surface area contributed by atoms with Crippen molar-refractivity contribution in [2.24, 2.45) is 0 Å². The maximum Gasteiger partial charge on any atom is 0.0372 e. The molecule has 1 atom stereocenters. The summed E-state index contributed by atoms with van der Waals surface area (Å²) in [6.07, 6.45) is 5.86. The summed E-state index contributed by atoms with van der Waals surface area (Å²) < 4.78 is 0. The lowest BCUT2D eigenvalue weighted by Crippen LogP contribution is -2.32. The number of pyridine rings is 1. The second kappa shape index (κ2) is 6.12. The highest BCUT2D eigenvalue weighted by atomic mass is 15.1. The quantitative estimate of drug-likeness (QED) is 0.865. The Bertz CT molecular complexity index is 326. The average molecular weight is 233 g/mol. The molecule has 3 heteroatoms. The molecule has 0 aromatic carbocycles. The lowest BCUT2D eigenvalue weighted by atomic mass is 10.1. The molecule has 0 aliphatic carbocycles. The molecule has 1 aliphatic heterocycles. The summed E-state index contributed by atoms with van der Waals surface area (Å²) in [6, 6.07) is 5.00. The van der Waals surface area contributed by atoms with Crippen molar-refractivity contribution in [3.05, 3.63) is 29.6 Å². The Hall–Kier alpha value is -0.930. The fourth-order valence-electron chi connectivity index (χ4n) is 2.45. The van der Waals surface area contributed by atoms with Crippen molar-refractivity contribution < 1.29 is 0 Å². The van der Waals surface area contributed by atoms with Crippen LogP contribution in [-0.4, -0.2) is 36.1 Å². The molecule has 1 fully saturated rings. The first-order chi connectivity index (χ1) is 8.25. The molecule has 3 nitrogen and oxygen atoms in total. The van der Waals surface area contributed by atoms with Gasteiger partial charge >= 0.3 is 0 Å². The molecular formula is C14H23N3. The van der Waals surface area contributed by atoms with Gasteiger partial charge in [0.1, 0.15) is 0 Å². The van der Waals surface area contributed by atoms with E-state index >= 15 is 0 Å². The van der Waals surface area contributed by atoms with Crippen LogP contribution < -0.4 is 5.32 Å². The Labute approximate surface area is 104 Å². The number of aromatic nitrogens is 1. The van der Waals surface area contributed by atoms with Crippen LogP contribution in [-0.2, 0) is 6.54 Å². The largest absolute Gasteiger partial charge is 0.317 e. The zero-order chi connectivity index (χ0) is 12.1. The lowest BCUT2D eigenvalue weighted by Gasteiger charge is -2.26. The molecule has 0 amide bonds. The Kier molecular flexibility index (Phi) is 4.51. The van der Waals surface area contributed by atoms with E-state index in [2.05, 4.69) is 34.4 Å². The van der Waals surface area contributed by atoms with E-state index in [0.717, 1.165) is 18.8 Å². The van der Waals surface area contributed by atoms with E-state index in [1.807, 2.05) is 13.1 Å². The predicted octanol–water partition coefficient (Wildman–Crippen LogP) is 1.96. The van der Waals surface area contributed by atoms with Crippen LogP contribution in [0, 0.1) is 6.92 Å². The van der Waals surface area contributed by atoms with E-state index in [0.29, 0.717) is 6.04 Å². The molecule has 1 aromatic heterocycles. The topological polar surface area (TPSA) is 28.2 Å². The smallest absolute Gasteiger partial charge is 0.0372 e. The van der Waals surface area contributed by atoms with Crippen LogP contribution in [0.3, 0.4) is 0 Å². The maximum atomic E-state index is 4.36. The molecule has 0 radical (unpaired) electrons. The van der Waals surface area contributed by atoms with Crippen molar-refractivity contribution in [3.8, 4) is 0 Å². The van der Waals surface area contributed by atoms with Crippen LogP contribution in [0.1, 0.15) is 30.5 Å². The summed E-state index contributed by atoms with van der Waals surface area (Å²) in [4.78, 5) is 6.83. The number of aryl methyl sites for hydroxylation is 1. The molecule has 17 heavy (non-hydrogen) atoms. The van der Waals surface area contributed by atoms with E-state index < -0.39 is 0 Å². The molecule has 1 saturated heterocycles. The summed E-state index contributed by atoms with van der Waals surface area (Å²) in [7, 11) is 2.23. The molecule has 2 rings (SSSR count). The second-order valence-corrected chi connectivity index (χ2v) is 5.06. The van der Waals surface area contributed by atoms with Gasteiger partial charge in [-0.25, -0.2) is 0 Å². The van der Waals surface area contributed by atoms with Gasteiger partial charge in [-0.15, -0.1) is 0 Å². The molecule has 94 valence electrons. The molecule has 0 spiro atoms. The molecule has 1 unspecified atom stereocenters. The number of nitrogens with zero attached hydrogens (tertiary/aromatic N) is 2. The first-order valence-electron chi connectivity index (χ1n) is 6.58. The van der Waals surface area contributed by atoms with Gasteiger partial charge in [-0.2, -0.15) is 0 Å². The predicted molar refractivity (Wildman–Crippen MR) is 70.9 cm³/mol. The number of hydrogen-bond acceptors (Lipinski definition) is 3. The van der Waals surface area contributed by atoms with Crippen molar-refractivity contribution in [1.82, 2.24) is 15.2 Å². The highest BCUT2D eigenvalue weighted by Gasteiger charge is 2.16. The van der Waals surface area contributed by atoms with Crippen molar-refractivity contribution in [2.75, 3.05) is 20.1 Å². The van der Waals surface area contributed by atoms with Gasteiger partial charge in [0.15, 0.2) is 0 Å². The lowest BCUT2D eigenvalue weighted by molar-refractivity contribution is 0.216. The van der Waals surface area contributed by atoms with E-state index in [-0.39, 0.29) is 0 Å². The van der Waals surface area contributed by atoms with Crippen LogP contribution in [0.15, 0.2) is 18.3 Å². The van der Waals surface area contributed by atoms with Gasteiger partial charge in [0.05, 0.1) is 0 Å². The first kappa shape index (κ1) is 12.5. The van der Waals surface area contributed by atoms with Gasteiger partial charge in [-0.05, 0) is 58.0 Å². The fourth-order valence-corrected chi connectivity index (χ4v) is 2.45. The minimum atomic E-state index is 0.714. The van der Waals surface area contributed by atoms with Gasteiger partial charge in [0, 0.05) is 24.5 Å². The molecule has 0 bridgehead atoms. The maximum absolute atomic E-state index is 4.36. The van der Waals surface area contributed by atoms with Crippen LogP contribution in [0.25, 0.3) is 0 Å². The molecular weight excluding hydrogens is 210 g/mol.